The molecule has 0 saturated carbocycles. The van der Waals surface area contributed by atoms with Gasteiger partial charge in [-0.2, -0.15) is 0 Å². The Morgan fingerprint density at radius 3 is 2.85 bits per heavy atom. The molecule has 1 aromatic carbocycles. The van der Waals surface area contributed by atoms with E-state index in [-0.39, 0.29) is 6.61 Å². The van der Waals surface area contributed by atoms with Crippen LogP contribution in [0.1, 0.15) is 19.2 Å². The molecule has 20 heavy (non-hydrogen) atoms. The molecular weight excluding hydrogens is 252 g/mol. The van der Waals surface area contributed by atoms with Crippen LogP contribution in [0, 0.1) is 5.92 Å². The fourth-order valence-corrected chi connectivity index (χ4v) is 2.64. The summed E-state index contributed by atoms with van der Waals surface area (Å²) in [4.78, 5) is 0. The molecule has 5 heteroatoms. The van der Waals surface area contributed by atoms with E-state index in [2.05, 4.69) is 39.1 Å². The van der Waals surface area contributed by atoms with Crippen molar-refractivity contribution in [1.29, 1.82) is 0 Å². The van der Waals surface area contributed by atoms with Crippen molar-refractivity contribution < 1.29 is 5.11 Å². The Morgan fingerprint density at radius 1 is 1.30 bits per heavy atom. The molecule has 2 N–H and O–H groups in total. The minimum Gasteiger partial charge on any atom is -0.395 e. The molecule has 2 aromatic rings. The number of hydrogen-bond acceptors (Lipinski definition) is 4. The third kappa shape index (κ3) is 2.54. The molecule has 5 nitrogen and oxygen atoms in total. The van der Waals surface area contributed by atoms with Crippen molar-refractivity contribution in [1.82, 2.24) is 14.8 Å². The summed E-state index contributed by atoms with van der Waals surface area (Å²) in [5.41, 5.74) is 2.10. The zero-order valence-electron chi connectivity index (χ0n) is 11.7. The van der Waals surface area contributed by atoms with Crippen molar-refractivity contribution in [2.24, 2.45) is 5.92 Å². The Kier molecular flexibility index (Phi) is 3.69. The fourth-order valence-electron chi connectivity index (χ4n) is 2.64. The summed E-state index contributed by atoms with van der Waals surface area (Å²) in [5.74, 6) is 2.76. The Bertz CT molecular complexity index is 576. The summed E-state index contributed by atoms with van der Waals surface area (Å²) in [6.07, 6.45) is 2.21. The van der Waals surface area contributed by atoms with Crippen molar-refractivity contribution >= 4 is 5.69 Å². The average molecular weight is 272 g/mol. The van der Waals surface area contributed by atoms with E-state index in [1.165, 1.54) is 6.42 Å². The molecule has 0 amide bonds. The maximum Gasteiger partial charge on any atom is 0.163 e. The Hall–Kier alpha value is -1.88. The highest BCUT2D eigenvalue weighted by atomic mass is 16.3. The number of nitrogens with one attached hydrogen (secondary N) is 1. The number of rotatable bonds is 4. The number of benzene rings is 1. The zero-order valence-corrected chi connectivity index (χ0v) is 11.7. The van der Waals surface area contributed by atoms with Crippen LogP contribution < -0.4 is 5.32 Å². The molecule has 0 bridgehead atoms. The summed E-state index contributed by atoms with van der Waals surface area (Å²) in [7, 11) is 0. The number of aliphatic hydroxyl groups excluding tert-OH is 1. The third-order valence-corrected chi connectivity index (χ3v) is 3.79. The third-order valence-electron chi connectivity index (χ3n) is 3.79. The lowest BCUT2D eigenvalue weighted by atomic mass is 10.00. The maximum absolute atomic E-state index is 8.80. The standard InChI is InChI=1S/C15H20N4O/c1-11-6-8-19-14(10-11)17-18-15(19)12-2-4-13(5-3-12)16-7-9-20/h2-5,11,16,20H,6-10H2,1H3. The van der Waals surface area contributed by atoms with Crippen LogP contribution in [0.25, 0.3) is 11.4 Å². The topological polar surface area (TPSA) is 63.0 Å². The Morgan fingerprint density at radius 2 is 2.10 bits per heavy atom. The van der Waals surface area contributed by atoms with Gasteiger partial charge < -0.3 is 15.0 Å². The summed E-state index contributed by atoms with van der Waals surface area (Å²) >= 11 is 0. The monoisotopic (exact) mass is 272 g/mol. The minimum absolute atomic E-state index is 0.137. The molecule has 1 aliphatic heterocycles. The molecule has 1 unspecified atom stereocenters. The summed E-state index contributed by atoms with van der Waals surface area (Å²) in [6, 6.07) is 8.13. The van der Waals surface area contributed by atoms with E-state index in [0.29, 0.717) is 12.5 Å². The number of aromatic nitrogens is 3. The van der Waals surface area contributed by atoms with Crippen LogP contribution >= 0.6 is 0 Å². The summed E-state index contributed by atoms with van der Waals surface area (Å²) < 4.78 is 2.23. The Labute approximate surface area is 118 Å². The second kappa shape index (κ2) is 5.63. The van der Waals surface area contributed by atoms with Crippen LogP contribution in [0.3, 0.4) is 0 Å². The van der Waals surface area contributed by atoms with Gasteiger partial charge in [0.2, 0.25) is 0 Å². The smallest absolute Gasteiger partial charge is 0.163 e. The normalized spacial score (nSPS) is 17.8. The molecule has 0 aliphatic carbocycles. The first-order valence-corrected chi connectivity index (χ1v) is 7.15. The lowest BCUT2D eigenvalue weighted by molar-refractivity contribution is 0.311. The first kappa shape index (κ1) is 13.1. The molecule has 106 valence electrons. The number of anilines is 1. The van der Waals surface area contributed by atoms with Crippen molar-refractivity contribution in [3.63, 3.8) is 0 Å². The van der Waals surface area contributed by atoms with Crippen molar-refractivity contribution in [2.45, 2.75) is 26.3 Å². The quantitative estimate of drug-likeness (QED) is 0.892. The van der Waals surface area contributed by atoms with Gasteiger partial charge in [-0.1, -0.05) is 6.92 Å². The van der Waals surface area contributed by atoms with Crippen molar-refractivity contribution in [3.8, 4) is 11.4 Å². The Balaban J connectivity index is 1.83. The zero-order chi connectivity index (χ0) is 13.9. The predicted octanol–water partition coefficient (Wildman–Crippen LogP) is 1.93. The molecule has 0 radical (unpaired) electrons. The van der Waals surface area contributed by atoms with Crippen LogP contribution in [0.15, 0.2) is 24.3 Å². The second-order valence-electron chi connectivity index (χ2n) is 5.42. The van der Waals surface area contributed by atoms with Crippen LogP contribution in [-0.4, -0.2) is 33.0 Å². The second-order valence-corrected chi connectivity index (χ2v) is 5.42. The molecular formula is C15H20N4O. The molecule has 0 fully saturated rings. The van der Waals surface area contributed by atoms with Gasteiger partial charge in [0, 0.05) is 30.8 Å². The number of nitrogens with zero attached hydrogens (tertiary/aromatic N) is 3. The number of fused-ring (bicyclic) bond motifs is 1. The SMILES string of the molecule is CC1CCn2c(nnc2-c2ccc(NCCO)cc2)C1. The average Bonchev–Trinajstić information content (AvgIpc) is 2.88. The first-order valence-electron chi connectivity index (χ1n) is 7.15. The van der Waals surface area contributed by atoms with Gasteiger partial charge in [-0.3, -0.25) is 0 Å². The van der Waals surface area contributed by atoms with Crippen LogP contribution in [0.4, 0.5) is 5.69 Å². The highest BCUT2D eigenvalue weighted by Gasteiger charge is 2.20. The van der Waals surface area contributed by atoms with E-state index >= 15 is 0 Å². The van der Waals surface area contributed by atoms with Crippen molar-refractivity contribution in [2.75, 3.05) is 18.5 Å². The van der Waals surface area contributed by atoms with E-state index in [1.807, 2.05) is 12.1 Å². The van der Waals surface area contributed by atoms with Crippen LogP contribution in [0.2, 0.25) is 0 Å². The number of hydrogen-bond donors (Lipinski definition) is 2. The van der Waals surface area contributed by atoms with Gasteiger partial charge in [0.05, 0.1) is 6.61 Å². The van der Waals surface area contributed by atoms with Crippen LogP contribution in [0.5, 0.6) is 0 Å². The predicted molar refractivity (Wildman–Crippen MR) is 78.5 cm³/mol. The van der Waals surface area contributed by atoms with Gasteiger partial charge in [0.15, 0.2) is 5.82 Å². The number of aliphatic hydroxyl groups is 1. The van der Waals surface area contributed by atoms with Gasteiger partial charge in [-0.05, 0) is 36.6 Å². The largest absolute Gasteiger partial charge is 0.395 e. The highest BCUT2D eigenvalue weighted by Crippen LogP contribution is 2.26. The first-order chi connectivity index (χ1) is 9.78. The van der Waals surface area contributed by atoms with E-state index in [1.54, 1.807) is 0 Å². The van der Waals surface area contributed by atoms with Gasteiger partial charge in [0.1, 0.15) is 5.82 Å². The summed E-state index contributed by atoms with van der Waals surface area (Å²) in [6.45, 7) is 3.97. The van der Waals surface area contributed by atoms with E-state index in [9.17, 15) is 0 Å². The molecule has 3 rings (SSSR count). The molecule has 0 spiro atoms. The minimum atomic E-state index is 0.137. The van der Waals surface area contributed by atoms with Gasteiger partial charge in [-0.15, -0.1) is 10.2 Å². The van der Waals surface area contributed by atoms with E-state index < -0.39 is 0 Å². The molecule has 1 aliphatic rings. The highest BCUT2D eigenvalue weighted by molar-refractivity contribution is 5.60. The van der Waals surface area contributed by atoms with Gasteiger partial charge in [0.25, 0.3) is 0 Å². The van der Waals surface area contributed by atoms with Gasteiger partial charge >= 0.3 is 0 Å². The van der Waals surface area contributed by atoms with E-state index in [4.69, 9.17) is 5.11 Å². The maximum atomic E-state index is 8.80. The fraction of sp³-hybridized carbons (Fsp3) is 0.467. The molecule has 0 saturated heterocycles. The summed E-state index contributed by atoms with van der Waals surface area (Å²) in [5, 5.41) is 20.6. The van der Waals surface area contributed by atoms with Crippen molar-refractivity contribution in [3.05, 3.63) is 30.1 Å². The molecule has 1 aromatic heterocycles. The molecule has 2 heterocycles. The van der Waals surface area contributed by atoms with E-state index in [0.717, 1.165) is 35.9 Å². The lowest BCUT2D eigenvalue weighted by Gasteiger charge is -2.20. The molecule has 1 atom stereocenters. The lowest BCUT2D eigenvalue weighted by Crippen LogP contribution is -2.17. The van der Waals surface area contributed by atoms with Gasteiger partial charge in [-0.25, -0.2) is 0 Å². The van der Waals surface area contributed by atoms with Crippen LogP contribution in [-0.2, 0) is 13.0 Å².